The molecule has 4 aromatic rings. The van der Waals surface area contributed by atoms with Crippen molar-refractivity contribution in [2.45, 2.75) is 13.8 Å². The van der Waals surface area contributed by atoms with E-state index in [-0.39, 0.29) is 11.7 Å². The fourth-order valence-corrected chi connectivity index (χ4v) is 3.97. The van der Waals surface area contributed by atoms with Crippen LogP contribution < -0.4 is 5.32 Å². The second-order valence-electron chi connectivity index (χ2n) is 6.02. The number of nitrogens with zero attached hydrogens (tertiary/aromatic N) is 1. The molecule has 4 nitrogen and oxygen atoms in total. The molecule has 2 aromatic carbocycles. The monoisotopic (exact) mass is 426 g/mol. The Kier molecular flexibility index (Phi) is 4.38. The molecular weight excluding hydrogens is 412 g/mol. The quantitative estimate of drug-likeness (QED) is 0.424. The summed E-state index contributed by atoms with van der Waals surface area (Å²) in [5.41, 5.74) is 4.09. The van der Waals surface area contributed by atoms with Crippen LogP contribution in [0.5, 0.6) is 0 Å². The number of fused-ring (bicyclic) bond motifs is 1. The molecule has 0 radical (unpaired) electrons. The van der Waals surface area contributed by atoms with Crippen molar-refractivity contribution in [1.29, 1.82) is 0 Å². The van der Waals surface area contributed by atoms with E-state index in [0.717, 1.165) is 31.4 Å². The summed E-state index contributed by atoms with van der Waals surface area (Å²) in [5, 5.41) is 3.42. The van der Waals surface area contributed by atoms with E-state index in [1.54, 1.807) is 12.1 Å². The summed E-state index contributed by atoms with van der Waals surface area (Å²) in [6, 6.07) is 15.3. The topological polar surface area (TPSA) is 55.1 Å². The van der Waals surface area contributed by atoms with Gasteiger partial charge in [0.2, 0.25) is 0 Å². The Morgan fingerprint density at radius 2 is 1.77 bits per heavy atom. The van der Waals surface area contributed by atoms with Crippen molar-refractivity contribution in [2.24, 2.45) is 0 Å². The molecule has 0 saturated carbocycles. The first-order valence-electron chi connectivity index (χ1n) is 8.05. The maximum absolute atomic E-state index is 12.5. The van der Waals surface area contributed by atoms with Gasteiger partial charge in [-0.25, -0.2) is 4.98 Å². The van der Waals surface area contributed by atoms with Gasteiger partial charge in [-0.05, 0) is 49.2 Å². The first-order chi connectivity index (χ1) is 12.5. The van der Waals surface area contributed by atoms with Crippen molar-refractivity contribution in [1.82, 2.24) is 4.98 Å². The predicted molar refractivity (Wildman–Crippen MR) is 109 cm³/mol. The van der Waals surface area contributed by atoms with E-state index >= 15 is 0 Å². The van der Waals surface area contributed by atoms with Crippen molar-refractivity contribution in [2.75, 3.05) is 5.32 Å². The van der Waals surface area contributed by atoms with Gasteiger partial charge in [-0.15, -0.1) is 0 Å². The summed E-state index contributed by atoms with van der Waals surface area (Å²) >= 11 is 4.88. The van der Waals surface area contributed by atoms with Crippen LogP contribution in [0.4, 0.5) is 5.13 Å². The van der Waals surface area contributed by atoms with Crippen LogP contribution in [-0.2, 0) is 0 Å². The Hall–Kier alpha value is -2.44. The third-order valence-electron chi connectivity index (χ3n) is 4.12. The summed E-state index contributed by atoms with van der Waals surface area (Å²) in [5.74, 6) is 0.608. The first-order valence-corrected chi connectivity index (χ1v) is 9.66. The zero-order valence-electron chi connectivity index (χ0n) is 14.2. The summed E-state index contributed by atoms with van der Waals surface area (Å²) in [4.78, 5) is 17.1. The van der Waals surface area contributed by atoms with E-state index in [9.17, 15) is 4.79 Å². The van der Waals surface area contributed by atoms with Gasteiger partial charge in [0.05, 0.1) is 10.2 Å². The molecule has 4 rings (SSSR count). The number of aromatic nitrogens is 1. The molecule has 1 N–H and O–H groups in total. The third-order valence-corrected chi connectivity index (χ3v) is 5.76. The van der Waals surface area contributed by atoms with E-state index in [1.165, 1.54) is 11.3 Å². The molecular formula is C20H15BrN2O2S. The second kappa shape index (κ2) is 6.70. The summed E-state index contributed by atoms with van der Waals surface area (Å²) in [7, 11) is 0. The highest BCUT2D eigenvalue weighted by Gasteiger charge is 2.16. The van der Waals surface area contributed by atoms with Crippen molar-refractivity contribution < 1.29 is 9.21 Å². The van der Waals surface area contributed by atoms with Gasteiger partial charge in [0.1, 0.15) is 5.76 Å². The number of nitrogens with one attached hydrogen (secondary N) is 1. The van der Waals surface area contributed by atoms with Crippen LogP contribution in [0, 0.1) is 13.8 Å². The summed E-state index contributed by atoms with van der Waals surface area (Å²) < 4.78 is 7.80. The molecule has 0 aliphatic rings. The van der Waals surface area contributed by atoms with Crippen LogP contribution in [0.3, 0.4) is 0 Å². The van der Waals surface area contributed by atoms with E-state index in [4.69, 9.17) is 4.42 Å². The van der Waals surface area contributed by atoms with E-state index in [0.29, 0.717) is 10.9 Å². The molecule has 6 heteroatoms. The van der Waals surface area contributed by atoms with Crippen LogP contribution in [-0.4, -0.2) is 10.9 Å². The molecule has 26 heavy (non-hydrogen) atoms. The SMILES string of the molecule is Cc1ccc(C)c2sc(NC(=O)c3ccc(-c4ccc(Br)cc4)o3)nc12. The summed E-state index contributed by atoms with van der Waals surface area (Å²) in [6.45, 7) is 4.06. The van der Waals surface area contributed by atoms with Gasteiger partial charge >= 0.3 is 0 Å². The highest BCUT2D eigenvalue weighted by Crippen LogP contribution is 2.31. The minimum Gasteiger partial charge on any atom is -0.451 e. The minimum absolute atomic E-state index is 0.260. The van der Waals surface area contributed by atoms with Gasteiger partial charge in [-0.1, -0.05) is 51.5 Å². The number of benzene rings is 2. The Balaban J connectivity index is 1.58. The molecule has 0 unspecified atom stereocenters. The molecule has 0 fully saturated rings. The Bertz CT molecular complexity index is 1070. The minimum atomic E-state index is -0.303. The second-order valence-corrected chi connectivity index (χ2v) is 7.94. The van der Waals surface area contributed by atoms with E-state index in [1.807, 2.05) is 44.2 Å². The standard InChI is InChI=1S/C20H15BrN2O2S/c1-11-3-4-12(2)18-17(11)22-20(26-18)23-19(24)16-10-9-15(25-16)13-5-7-14(21)8-6-13/h3-10H,1-2H3,(H,22,23,24). The Morgan fingerprint density at radius 3 is 2.50 bits per heavy atom. The zero-order chi connectivity index (χ0) is 18.3. The first kappa shape index (κ1) is 17.0. The van der Waals surface area contributed by atoms with Crippen molar-refractivity contribution in [3.63, 3.8) is 0 Å². The number of aryl methyl sites for hydroxylation is 2. The lowest BCUT2D eigenvalue weighted by Crippen LogP contribution is -2.10. The maximum atomic E-state index is 12.5. The molecule has 0 aliphatic carbocycles. The van der Waals surface area contributed by atoms with Crippen LogP contribution in [0.15, 0.2) is 57.4 Å². The van der Waals surface area contributed by atoms with Gasteiger partial charge in [-0.3, -0.25) is 10.1 Å². The number of carbonyl (C=O) groups excluding carboxylic acids is 1. The van der Waals surface area contributed by atoms with Gasteiger partial charge in [0.25, 0.3) is 5.91 Å². The van der Waals surface area contributed by atoms with Crippen molar-refractivity contribution in [3.8, 4) is 11.3 Å². The van der Waals surface area contributed by atoms with Gasteiger partial charge in [-0.2, -0.15) is 0 Å². The lowest BCUT2D eigenvalue weighted by Gasteiger charge is -1.99. The van der Waals surface area contributed by atoms with Gasteiger partial charge in [0.15, 0.2) is 10.9 Å². The third kappa shape index (κ3) is 3.18. The number of hydrogen-bond acceptors (Lipinski definition) is 4. The van der Waals surface area contributed by atoms with Crippen LogP contribution >= 0.6 is 27.3 Å². The normalized spacial score (nSPS) is 11.0. The van der Waals surface area contributed by atoms with Gasteiger partial charge in [0, 0.05) is 10.0 Å². The number of amides is 1. The number of thiazole rings is 1. The van der Waals surface area contributed by atoms with E-state index in [2.05, 4.69) is 32.3 Å². The lowest BCUT2D eigenvalue weighted by molar-refractivity contribution is 0.0997. The smallest absolute Gasteiger partial charge is 0.293 e. The molecule has 0 spiro atoms. The highest BCUT2D eigenvalue weighted by molar-refractivity contribution is 9.10. The van der Waals surface area contributed by atoms with Crippen molar-refractivity contribution in [3.05, 3.63) is 69.9 Å². The molecule has 2 aromatic heterocycles. The Morgan fingerprint density at radius 1 is 1.04 bits per heavy atom. The van der Waals surface area contributed by atoms with Crippen LogP contribution in [0.25, 0.3) is 21.5 Å². The average Bonchev–Trinajstić information content (AvgIpc) is 3.27. The lowest BCUT2D eigenvalue weighted by atomic mass is 10.1. The average molecular weight is 427 g/mol. The van der Waals surface area contributed by atoms with Crippen molar-refractivity contribution >= 4 is 48.5 Å². The van der Waals surface area contributed by atoms with E-state index < -0.39 is 0 Å². The van der Waals surface area contributed by atoms with Gasteiger partial charge < -0.3 is 4.42 Å². The maximum Gasteiger partial charge on any atom is 0.293 e. The number of anilines is 1. The highest BCUT2D eigenvalue weighted by atomic mass is 79.9. The number of furan rings is 1. The zero-order valence-corrected chi connectivity index (χ0v) is 16.6. The number of carbonyl (C=O) groups is 1. The summed E-state index contributed by atoms with van der Waals surface area (Å²) in [6.07, 6.45) is 0. The fraction of sp³-hybridized carbons (Fsp3) is 0.100. The fourth-order valence-electron chi connectivity index (χ4n) is 2.70. The molecule has 130 valence electrons. The molecule has 0 saturated heterocycles. The number of halogens is 1. The van der Waals surface area contributed by atoms with Crippen LogP contribution in [0.2, 0.25) is 0 Å². The molecule has 1 amide bonds. The molecule has 0 atom stereocenters. The number of rotatable bonds is 3. The van der Waals surface area contributed by atoms with Crippen LogP contribution in [0.1, 0.15) is 21.7 Å². The number of hydrogen-bond donors (Lipinski definition) is 1. The largest absolute Gasteiger partial charge is 0.451 e. The predicted octanol–water partition coefficient (Wildman–Crippen LogP) is 6.19. The molecule has 0 aliphatic heterocycles. The Labute approximate surface area is 163 Å². The molecule has 0 bridgehead atoms. The molecule has 2 heterocycles.